The molecule has 122 valence electrons. The highest BCUT2D eigenvalue weighted by molar-refractivity contribution is 7.91. The number of carbonyl (C=O) groups is 1. The maximum Gasteiger partial charge on any atom is 0.317 e. The summed E-state index contributed by atoms with van der Waals surface area (Å²) in [7, 11) is -1.81. The Bertz CT molecular complexity index is 589. The minimum atomic E-state index is -3.38. The van der Waals surface area contributed by atoms with Crippen molar-refractivity contribution in [3.05, 3.63) is 30.3 Å². The predicted molar refractivity (Wildman–Crippen MR) is 83.5 cm³/mol. The van der Waals surface area contributed by atoms with Crippen molar-refractivity contribution in [3.63, 3.8) is 0 Å². The summed E-state index contributed by atoms with van der Waals surface area (Å²) in [6.45, 7) is 1.45. The molecule has 1 aliphatic rings. The first-order valence-corrected chi connectivity index (χ1v) is 9.01. The van der Waals surface area contributed by atoms with E-state index < -0.39 is 9.84 Å². The SMILES string of the molecule is COCCNC(=O)N1CCCC1CS(=O)(=O)c1ccccc1. The number of hydrogen-bond donors (Lipinski definition) is 1. The lowest BCUT2D eigenvalue weighted by Gasteiger charge is -2.24. The molecule has 1 aromatic rings. The van der Waals surface area contributed by atoms with Gasteiger partial charge in [-0.3, -0.25) is 0 Å². The number of amides is 2. The fourth-order valence-electron chi connectivity index (χ4n) is 2.62. The quantitative estimate of drug-likeness (QED) is 0.799. The number of sulfone groups is 1. The van der Waals surface area contributed by atoms with E-state index in [2.05, 4.69) is 5.32 Å². The molecule has 0 bridgehead atoms. The van der Waals surface area contributed by atoms with Crippen molar-refractivity contribution in [2.45, 2.75) is 23.8 Å². The Hall–Kier alpha value is -1.60. The second-order valence-corrected chi connectivity index (χ2v) is 7.34. The van der Waals surface area contributed by atoms with Crippen LogP contribution in [-0.2, 0) is 14.6 Å². The molecular formula is C15H22N2O4S. The van der Waals surface area contributed by atoms with Gasteiger partial charge in [-0.15, -0.1) is 0 Å². The van der Waals surface area contributed by atoms with Crippen LogP contribution in [0.2, 0.25) is 0 Å². The van der Waals surface area contributed by atoms with Crippen LogP contribution in [0, 0.1) is 0 Å². The molecule has 1 saturated heterocycles. The highest BCUT2D eigenvalue weighted by Crippen LogP contribution is 2.22. The molecule has 0 spiro atoms. The second kappa shape index (κ2) is 7.60. The van der Waals surface area contributed by atoms with E-state index in [-0.39, 0.29) is 17.8 Å². The first kappa shape index (κ1) is 16.8. The normalized spacial score (nSPS) is 18.4. The molecule has 1 heterocycles. The van der Waals surface area contributed by atoms with E-state index in [0.29, 0.717) is 31.0 Å². The van der Waals surface area contributed by atoms with Crippen LogP contribution in [0.4, 0.5) is 4.79 Å². The van der Waals surface area contributed by atoms with Crippen molar-refractivity contribution in [1.29, 1.82) is 0 Å². The van der Waals surface area contributed by atoms with Crippen LogP contribution in [0.15, 0.2) is 35.2 Å². The molecule has 6 nitrogen and oxygen atoms in total. The third-order valence-corrected chi connectivity index (χ3v) is 5.55. The van der Waals surface area contributed by atoms with E-state index >= 15 is 0 Å². The minimum absolute atomic E-state index is 0.0330. The van der Waals surface area contributed by atoms with Gasteiger partial charge in [-0.1, -0.05) is 18.2 Å². The Kier molecular flexibility index (Phi) is 5.79. The van der Waals surface area contributed by atoms with Gasteiger partial charge in [-0.25, -0.2) is 13.2 Å². The predicted octanol–water partition coefficient (Wildman–Crippen LogP) is 1.28. The van der Waals surface area contributed by atoms with Gasteiger partial charge in [0.05, 0.1) is 17.3 Å². The van der Waals surface area contributed by atoms with Crippen LogP contribution in [0.3, 0.4) is 0 Å². The molecule has 7 heteroatoms. The number of likely N-dealkylation sites (tertiary alicyclic amines) is 1. The molecule has 1 aliphatic heterocycles. The van der Waals surface area contributed by atoms with Crippen molar-refractivity contribution in [3.8, 4) is 0 Å². The molecule has 1 fully saturated rings. The molecular weight excluding hydrogens is 304 g/mol. The van der Waals surface area contributed by atoms with E-state index in [1.54, 1.807) is 42.3 Å². The number of benzene rings is 1. The zero-order valence-electron chi connectivity index (χ0n) is 12.7. The Morgan fingerprint density at radius 3 is 2.77 bits per heavy atom. The van der Waals surface area contributed by atoms with Crippen molar-refractivity contribution in [1.82, 2.24) is 10.2 Å². The number of urea groups is 1. The van der Waals surface area contributed by atoms with Crippen molar-refractivity contribution in [2.75, 3.05) is 32.6 Å². The first-order valence-electron chi connectivity index (χ1n) is 7.36. The molecule has 2 rings (SSSR count). The Morgan fingerprint density at radius 2 is 2.09 bits per heavy atom. The molecule has 1 N–H and O–H groups in total. The number of ether oxygens (including phenoxy) is 1. The molecule has 0 saturated carbocycles. The summed E-state index contributed by atoms with van der Waals surface area (Å²) >= 11 is 0. The average molecular weight is 326 g/mol. The largest absolute Gasteiger partial charge is 0.383 e. The van der Waals surface area contributed by atoms with Gasteiger partial charge in [0.15, 0.2) is 9.84 Å². The zero-order chi connectivity index (χ0) is 16.0. The van der Waals surface area contributed by atoms with E-state index in [4.69, 9.17) is 4.74 Å². The number of hydrogen-bond acceptors (Lipinski definition) is 4. The summed E-state index contributed by atoms with van der Waals surface area (Å²) in [4.78, 5) is 14.0. The summed E-state index contributed by atoms with van der Waals surface area (Å²) in [5.41, 5.74) is 0. The van der Waals surface area contributed by atoms with Crippen LogP contribution in [0.25, 0.3) is 0 Å². The summed E-state index contributed by atoms with van der Waals surface area (Å²) in [5.74, 6) is -0.0330. The molecule has 0 aromatic heterocycles. The van der Waals surface area contributed by atoms with Gasteiger partial charge >= 0.3 is 6.03 Å². The second-order valence-electron chi connectivity index (χ2n) is 5.31. The number of carbonyl (C=O) groups excluding carboxylic acids is 1. The molecule has 1 aromatic carbocycles. The van der Waals surface area contributed by atoms with Gasteiger partial charge in [0, 0.05) is 26.2 Å². The summed E-state index contributed by atoms with van der Waals surface area (Å²) < 4.78 is 29.8. The third-order valence-electron chi connectivity index (χ3n) is 3.73. The van der Waals surface area contributed by atoms with Crippen LogP contribution in [-0.4, -0.2) is 57.9 Å². The summed E-state index contributed by atoms with van der Waals surface area (Å²) in [5, 5.41) is 2.75. The number of rotatable bonds is 6. The van der Waals surface area contributed by atoms with Crippen molar-refractivity contribution < 1.29 is 17.9 Å². The van der Waals surface area contributed by atoms with Crippen molar-refractivity contribution in [2.24, 2.45) is 0 Å². The van der Waals surface area contributed by atoms with E-state index in [9.17, 15) is 13.2 Å². The summed E-state index contributed by atoms with van der Waals surface area (Å²) in [6.07, 6.45) is 1.54. The van der Waals surface area contributed by atoms with Crippen LogP contribution in [0.5, 0.6) is 0 Å². The number of nitrogens with one attached hydrogen (secondary N) is 1. The molecule has 1 unspecified atom stereocenters. The highest BCUT2D eigenvalue weighted by Gasteiger charge is 2.32. The van der Waals surface area contributed by atoms with Gasteiger partial charge in [-0.2, -0.15) is 0 Å². The topological polar surface area (TPSA) is 75.7 Å². The van der Waals surface area contributed by atoms with E-state index in [1.807, 2.05) is 0 Å². The lowest BCUT2D eigenvalue weighted by atomic mass is 10.2. The van der Waals surface area contributed by atoms with E-state index in [1.165, 1.54) is 0 Å². The Balaban J connectivity index is 2.00. The first-order chi connectivity index (χ1) is 10.5. The Morgan fingerprint density at radius 1 is 1.36 bits per heavy atom. The average Bonchev–Trinajstić information content (AvgIpc) is 2.96. The molecule has 22 heavy (non-hydrogen) atoms. The number of nitrogens with zero attached hydrogens (tertiary/aromatic N) is 1. The van der Waals surface area contributed by atoms with Gasteiger partial charge in [0.25, 0.3) is 0 Å². The van der Waals surface area contributed by atoms with Gasteiger partial charge in [-0.05, 0) is 25.0 Å². The molecule has 0 aliphatic carbocycles. The number of methoxy groups -OCH3 is 1. The minimum Gasteiger partial charge on any atom is -0.383 e. The van der Waals surface area contributed by atoms with Crippen molar-refractivity contribution >= 4 is 15.9 Å². The van der Waals surface area contributed by atoms with Crippen LogP contribution >= 0.6 is 0 Å². The lowest BCUT2D eigenvalue weighted by Crippen LogP contribution is -2.46. The highest BCUT2D eigenvalue weighted by atomic mass is 32.2. The zero-order valence-corrected chi connectivity index (χ0v) is 13.5. The lowest BCUT2D eigenvalue weighted by molar-refractivity contribution is 0.178. The van der Waals surface area contributed by atoms with Crippen LogP contribution in [0.1, 0.15) is 12.8 Å². The standard InChI is InChI=1S/C15H22N2O4S/c1-21-11-9-16-15(18)17-10-5-6-13(17)12-22(19,20)14-7-3-2-4-8-14/h2-4,7-8,13H,5-6,9-12H2,1H3,(H,16,18). The van der Waals surface area contributed by atoms with Gasteiger partial charge in [0.1, 0.15) is 0 Å². The monoisotopic (exact) mass is 326 g/mol. The third kappa shape index (κ3) is 4.20. The smallest absolute Gasteiger partial charge is 0.317 e. The van der Waals surface area contributed by atoms with Crippen LogP contribution < -0.4 is 5.32 Å². The maximum absolute atomic E-state index is 12.4. The fourth-order valence-corrected chi connectivity index (χ4v) is 4.23. The molecule has 0 radical (unpaired) electrons. The molecule has 2 amide bonds. The maximum atomic E-state index is 12.4. The Labute approximate surface area is 131 Å². The van der Waals surface area contributed by atoms with Gasteiger partial charge < -0.3 is 15.0 Å². The fraction of sp³-hybridized carbons (Fsp3) is 0.533. The molecule has 1 atom stereocenters. The summed E-state index contributed by atoms with van der Waals surface area (Å²) in [6, 6.07) is 7.88. The van der Waals surface area contributed by atoms with Gasteiger partial charge in [0.2, 0.25) is 0 Å². The van der Waals surface area contributed by atoms with E-state index in [0.717, 1.165) is 6.42 Å².